The van der Waals surface area contributed by atoms with E-state index in [1.54, 1.807) is 206 Å². The van der Waals surface area contributed by atoms with Crippen molar-refractivity contribution in [2.45, 2.75) is 61.0 Å². The maximum Gasteiger partial charge on any atom is 0.266 e. The molecule has 0 bridgehead atoms. The first-order valence-electron chi connectivity index (χ1n) is 42.6. The highest BCUT2D eigenvalue weighted by atomic mass is 79.9. The fourth-order valence-corrected chi connectivity index (χ4v) is 24.5. The fraction of sp³-hybridized carbons (Fsp3) is 0.109. The van der Waals surface area contributed by atoms with Gasteiger partial charge in [0.25, 0.3) is 79.7 Å². The van der Waals surface area contributed by atoms with Crippen LogP contribution in [0.5, 0.6) is 0 Å². The van der Waals surface area contributed by atoms with Crippen LogP contribution < -0.4 is 26.6 Å². The Balaban J connectivity index is 0.000000128. The molecule has 20 rings (SSSR count). The van der Waals surface area contributed by atoms with Gasteiger partial charge in [-0.25, -0.2) is 68.0 Å². The van der Waals surface area contributed by atoms with Gasteiger partial charge in [0.1, 0.15) is 35.4 Å². The summed E-state index contributed by atoms with van der Waals surface area (Å²) in [6, 6.07) is 79.4. The van der Waals surface area contributed by atoms with Gasteiger partial charge in [-0.1, -0.05) is 202 Å². The Labute approximate surface area is 840 Å². The average Bonchev–Trinajstić information content (AvgIpc) is 0.748. The van der Waals surface area contributed by atoms with Crippen LogP contribution in [0, 0.1) is 12.7 Å². The zero-order chi connectivity index (χ0) is 102. The van der Waals surface area contributed by atoms with Gasteiger partial charge in [-0.3, -0.25) is 47.9 Å². The number of aryl methyl sites for hydroxylation is 1. The van der Waals surface area contributed by atoms with E-state index in [-0.39, 0.29) is 63.0 Å². The topological polar surface area (TPSA) is 418 Å². The van der Waals surface area contributed by atoms with Crippen LogP contribution in [-0.2, 0) is 98.1 Å². The Kier molecular flexibility index (Phi) is 28.1. The summed E-state index contributed by atoms with van der Waals surface area (Å²) < 4.78 is 145. The predicted molar refractivity (Wildman–Crippen MR) is 541 cm³/mol. The summed E-state index contributed by atoms with van der Waals surface area (Å²) >= 11 is 27.6. The second-order valence-electron chi connectivity index (χ2n) is 32.9. The summed E-state index contributed by atoms with van der Waals surface area (Å²) in [5, 5.41) is 21.8. The number of anilines is 5. The van der Waals surface area contributed by atoms with E-state index >= 15 is 0 Å². The molecule has 5 aliphatic heterocycles. The maximum atomic E-state index is 13.1. The quantitative estimate of drug-likeness (QED) is 0.0794. The molecule has 0 aliphatic carbocycles. The summed E-state index contributed by atoms with van der Waals surface area (Å²) in [5.74, 6) is -14.3. The summed E-state index contributed by atoms with van der Waals surface area (Å²) in [6.07, 6.45) is 0. The van der Waals surface area contributed by atoms with Crippen molar-refractivity contribution < 1.29 is 94.4 Å². The van der Waals surface area contributed by atoms with Crippen LogP contribution in [0.15, 0.2) is 320 Å². The molecule has 30 nitrogen and oxygen atoms in total. The van der Waals surface area contributed by atoms with Gasteiger partial charge in [0, 0.05) is 66.8 Å². The first-order valence-corrected chi connectivity index (χ1v) is 52.1. The number of halogens is 6. The van der Waals surface area contributed by atoms with Crippen molar-refractivity contribution >= 4 is 254 Å². The van der Waals surface area contributed by atoms with E-state index in [0.29, 0.717) is 86.3 Å². The van der Waals surface area contributed by atoms with Crippen LogP contribution in [0.25, 0.3) is 53.9 Å². The highest BCUT2D eigenvalue weighted by molar-refractivity contribution is 9.10. The lowest BCUT2D eigenvalue weighted by Gasteiger charge is -2.30. The number of amides is 10. The van der Waals surface area contributed by atoms with Crippen molar-refractivity contribution in [2.24, 2.45) is 0 Å². The standard InChI is InChI=1S/C21H17ClN2O4S.C20H15BrN2O4S.C20H14Cl2N2O4S.C20H15ClN2O4S.C20H15FN2O4S/c1-12-7-8-15(11-17(12)22)23-20(25)19-16-9-13-5-3-4-6-14(13)10-18(16)29(27,28)24(2)21(19)26;1-23-20(25)18(19(24)22-15-8-6-14(21)7-9-15)16-10-12-4-2-3-5-13(12)11-17(16)28(23,26)27;1-24-20(26)18(19(25)23-16-10-13(21)6-7-15(16)22)14-8-11-4-2-3-5-12(11)9-17(14)29(24,27)28;1-23-20(25)18(19(24)22-16-9-5-4-8-15(16)21)14-10-12-6-2-3-7-13(12)11-17(14)28(23,26)27;1-23-20(25)18(19(24)22-15-8-6-14(21)7-9-15)16-10-12-4-2-3-5-13(12)11-17(16)28(23,26)27/h3-11,19H,1-2H3,(H,23,25);2-11,18H,1H3,(H,22,24);2-10,18H,1H3,(H,23,25);2*2-11,18H,1H3,(H,22,24). The van der Waals surface area contributed by atoms with Crippen molar-refractivity contribution in [2.75, 3.05) is 61.8 Å². The molecule has 0 aromatic heterocycles. The van der Waals surface area contributed by atoms with Gasteiger partial charge in [-0.2, -0.15) is 0 Å². The minimum absolute atomic E-state index is 0.0238. The minimum Gasteiger partial charge on any atom is -0.325 e. The predicted octanol–water partition coefficient (Wildman–Crippen LogP) is 17.4. The van der Waals surface area contributed by atoms with E-state index in [4.69, 9.17) is 46.4 Å². The van der Waals surface area contributed by atoms with Crippen molar-refractivity contribution in [3.8, 4) is 0 Å². The molecule has 5 atom stereocenters. The van der Waals surface area contributed by atoms with Crippen LogP contribution >= 0.6 is 62.3 Å². The van der Waals surface area contributed by atoms with Gasteiger partial charge < -0.3 is 26.6 Å². The Morgan fingerprint density at radius 1 is 0.275 bits per heavy atom. The van der Waals surface area contributed by atoms with Crippen LogP contribution in [-0.4, -0.2) is 158 Å². The molecular weight excluding hydrogens is 2070 g/mol. The molecule has 10 amide bonds. The number of nitrogens with zero attached hydrogens (tertiary/aromatic N) is 5. The molecule has 0 spiro atoms. The highest BCUT2D eigenvalue weighted by Crippen LogP contribution is 2.45. The van der Waals surface area contributed by atoms with Crippen molar-refractivity contribution in [3.05, 3.63) is 355 Å². The van der Waals surface area contributed by atoms with Crippen LogP contribution in [0.2, 0.25) is 20.1 Å². The van der Waals surface area contributed by atoms with Crippen molar-refractivity contribution in [3.63, 3.8) is 0 Å². The van der Waals surface area contributed by atoms with Gasteiger partial charge in [-0.05, 0) is 246 Å². The number of hydrogen-bond acceptors (Lipinski definition) is 20. The molecule has 5 unspecified atom stereocenters. The first-order chi connectivity index (χ1) is 67.3. The molecule has 15 aromatic carbocycles. The molecular formula is C101H76BrCl4FN10O20S5. The second-order valence-corrected chi connectivity index (χ2v) is 45.2. The SMILES string of the molecule is CN1C(=O)C(C(=O)Nc2cc(Cl)ccc2Cl)c2cc3ccccc3cc2S1(=O)=O.CN1C(=O)C(C(=O)Nc2ccc(Br)cc2)c2cc3ccccc3cc2S1(=O)=O.CN1C(=O)C(C(=O)Nc2ccc(F)cc2)c2cc3ccccc3cc2S1(=O)=O.CN1C(=O)C(C(=O)Nc2ccccc2Cl)c2cc3ccccc3cc2S1(=O)=O.Cc1ccc(NC(=O)C2C(=O)N(C)S(=O)(=O)c3cc4ccccc4cc32)cc1Cl. The lowest BCUT2D eigenvalue weighted by molar-refractivity contribution is -0.134. The normalized spacial score (nSPS) is 17.9. The number of likely N-dealkylation sites (N-methyl/N-ethyl adjacent to an activating group) is 5. The zero-order valence-electron chi connectivity index (χ0n) is 74.8. The Hall–Kier alpha value is -14.4. The number of carbonyl (C=O) groups excluding carboxylic acids is 10. The van der Waals surface area contributed by atoms with E-state index in [2.05, 4.69) is 42.5 Å². The van der Waals surface area contributed by atoms with Gasteiger partial charge in [0.05, 0.1) is 45.9 Å². The van der Waals surface area contributed by atoms with Crippen molar-refractivity contribution in [1.82, 2.24) is 21.5 Å². The third-order valence-electron chi connectivity index (χ3n) is 24.2. The van der Waals surface area contributed by atoms with E-state index in [1.807, 2.05) is 25.1 Å². The summed E-state index contributed by atoms with van der Waals surface area (Å²) in [4.78, 5) is 129. The molecule has 0 radical (unpaired) electrons. The third-order valence-corrected chi connectivity index (χ3v) is 35.1. The molecule has 722 valence electrons. The minimum atomic E-state index is -4.06. The average molecular weight is 2150 g/mol. The van der Waals surface area contributed by atoms with Gasteiger partial charge in [-0.15, -0.1) is 0 Å². The van der Waals surface area contributed by atoms with Gasteiger partial charge >= 0.3 is 0 Å². The van der Waals surface area contributed by atoms with Crippen LogP contribution in [0.4, 0.5) is 32.8 Å². The third kappa shape index (κ3) is 19.3. The maximum absolute atomic E-state index is 13.1. The smallest absolute Gasteiger partial charge is 0.266 e. The number of rotatable bonds is 10. The molecule has 0 fully saturated rings. The molecule has 41 heteroatoms. The number of sulfonamides is 5. The molecule has 5 heterocycles. The summed E-state index contributed by atoms with van der Waals surface area (Å²) in [6.45, 7) is 1.83. The highest BCUT2D eigenvalue weighted by Gasteiger charge is 2.51. The van der Waals surface area contributed by atoms with Crippen LogP contribution in [0.3, 0.4) is 0 Å². The van der Waals surface area contributed by atoms with Crippen molar-refractivity contribution in [1.29, 1.82) is 0 Å². The lowest BCUT2D eigenvalue weighted by Crippen LogP contribution is -2.45. The fourth-order valence-electron chi connectivity index (χ4n) is 16.5. The molecule has 142 heavy (non-hydrogen) atoms. The van der Waals surface area contributed by atoms with Gasteiger partial charge in [0.2, 0.25) is 29.5 Å². The van der Waals surface area contributed by atoms with Gasteiger partial charge in [0.15, 0.2) is 0 Å². The number of carbonyl (C=O) groups is 10. The van der Waals surface area contributed by atoms with Crippen LogP contribution in [0.1, 0.15) is 63.0 Å². The monoisotopic (exact) mass is 2150 g/mol. The largest absolute Gasteiger partial charge is 0.325 e. The molecule has 5 N–H and O–H groups in total. The zero-order valence-corrected chi connectivity index (χ0v) is 83.5. The van der Waals surface area contributed by atoms with E-state index in [1.165, 1.54) is 80.8 Å². The number of para-hydroxylation sites is 1. The molecule has 5 aliphatic rings. The Bertz CT molecular complexity index is 8370. The molecule has 0 saturated heterocycles. The molecule has 15 aromatic rings. The summed E-state index contributed by atoms with van der Waals surface area (Å²) in [5.41, 5.74) is 3.44. The second kappa shape index (κ2) is 39.6. The molecule has 0 saturated carbocycles. The summed E-state index contributed by atoms with van der Waals surface area (Å²) in [7, 11) is -14.4. The number of hydrogen-bond donors (Lipinski definition) is 5. The Morgan fingerprint density at radius 2 is 0.514 bits per heavy atom. The lowest BCUT2D eigenvalue weighted by atomic mass is 9.94. The Morgan fingerprint density at radius 3 is 0.803 bits per heavy atom. The number of benzene rings is 15. The van der Waals surface area contributed by atoms with E-state index in [9.17, 15) is 94.4 Å². The number of fused-ring (bicyclic) bond motifs is 10. The van der Waals surface area contributed by atoms with E-state index < -0.39 is 145 Å². The first kappa shape index (κ1) is 101. The number of nitrogens with one attached hydrogen (secondary N) is 5. The van der Waals surface area contributed by atoms with E-state index in [0.717, 1.165) is 58.1 Å².